The quantitative estimate of drug-likeness (QED) is 0.904. The Kier molecular flexibility index (Phi) is 5.24. The third kappa shape index (κ3) is 4.98. The van der Waals surface area contributed by atoms with Gasteiger partial charge in [0.25, 0.3) is 0 Å². The number of ether oxygens (including phenoxy) is 1. The highest BCUT2D eigenvalue weighted by Crippen LogP contribution is 2.17. The Morgan fingerprint density at radius 1 is 1.29 bits per heavy atom. The molecule has 1 aliphatic rings. The second-order valence-corrected chi connectivity index (χ2v) is 7.67. The fourth-order valence-electron chi connectivity index (χ4n) is 2.66. The Balaban J connectivity index is 2.04. The van der Waals surface area contributed by atoms with E-state index in [1.54, 1.807) is 13.0 Å². The van der Waals surface area contributed by atoms with Gasteiger partial charge >= 0.3 is 0 Å². The molecule has 5 nitrogen and oxygen atoms in total. The van der Waals surface area contributed by atoms with E-state index in [1.807, 2.05) is 18.2 Å². The second kappa shape index (κ2) is 6.77. The van der Waals surface area contributed by atoms with Gasteiger partial charge in [-0.25, -0.2) is 8.42 Å². The van der Waals surface area contributed by atoms with Gasteiger partial charge in [-0.3, -0.25) is 9.62 Å². The van der Waals surface area contributed by atoms with Crippen molar-refractivity contribution in [3.63, 3.8) is 0 Å². The number of nitrogens with one attached hydrogen (secondary N) is 1. The van der Waals surface area contributed by atoms with Crippen LogP contribution in [0.4, 0.5) is 5.69 Å². The molecule has 1 aliphatic heterocycles. The van der Waals surface area contributed by atoms with E-state index in [9.17, 15) is 8.42 Å². The van der Waals surface area contributed by atoms with Crippen LogP contribution in [0.2, 0.25) is 0 Å². The van der Waals surface area contributed by atoms with Gasteiger partial charge in [0.2, 0.25) is 10.0 Å². The summed E-state index contributed by atoms with van der Waals surface area (Å²) in [5.41, 5.74) is 1.73. The van der Waals surface area contributed by atoms with Crippen LogP contribution in [-0.2, 0) is 21.3 Å². The van der Waals surface area contributed by atoms with Crippen molar-refractivity contribution in [2.24, 2.45) is 0 Å². The first-order valence-corrected chi connectivity index (χ1v) is 9.00. The molecule has 1 heterocycles. The van der Waals surface area contributed by atoms with Crippen LogP contribution in [0.25, 0.3) is 0 Å². The molecule has 1 fully saturated rings. The largest absolute Gasteiger partial charge is 0.373 e. The molecule has 1 saturated heterocycles. The average molecular weight is 312 g/mol. The van der Waals surface area contributed by atoms with Crippen LogP contribution in [-0.4, -0.2) is 44.4 Å². The summed E-state index contributed by atoms with van der Waals surface area (Å²) in [6.07, 6.45) is 0.464. The minimum absolute atomic E-state index is 0.0791. The molecule has 0 aliphatic carbocycles. The van der Waals surface area contributed by atoms with Gasteiger partial charge in [0, 0.05) is 25.3 Å². The lowest BCUT2D eigenvalue weighted by molar-refractivity contribution is -0.0704. The van der Waals surface area contributed by atoms with Gasteiger partial charge in [0.1, 0.15) is 0 Å². The van der Waals surface area contributed by atoms with Crippen LogP contribution in [0.5, 0.6) is 0 Å². The molecule has 1 aromatic rings. The number of morpholine rings is 1. The van der Waals surface area contributed by atoms with Gasteiger partial charge in [-0.15, -0.1) is 0 Å². The summed E-state index contributed by atoms with van der Waals surface area (Å²) in [4.78, 5) is 2.34. The minimum atomic E-state index is -3.22. The van der Waals surface area contributed by atoms with E-state index in [-0.39, 0.29) is 18.0 Å². The summed E-state index contributed by atoms with van der Waals surface area (Å²) >= 11 is 0. The van der Waals surface area contributed by atoms with Crippen LogP contribution in [0, 0.1) is 0 Å². The van der Waals surface area contributed by atoms with Gasteiger partial charge in [0.15, 0.2) is 0 Å². The van der Waals surface area contributed by atoms with Gasteiger partial charge in [0.05, 0.1) is 18.0 Å². The van der Waals surface area contributed by atoms with Crippen molar-refractivity contribution in [1.82, 2.24) is 4.90 Å². The number of sulfonamides is 1. The molecule has 0 saturated carbocycles. The van der Waals surface area contributed by atoms with E-state index in [4.69, 9.17) is 4.74 Å². The summed E-state index contributed by atoms with van der Waals surface area (Å²) in [6.45, 7) is 8.38. The highest BCUT2D eigenvalue weighted by atomic mass is 32.2. The minimum Gasteiger partial charge on any atom is -0.373 e. The maximum absolute atomic E-state index is 11.6. The van der Waals surface area contributed by atoms with Crippen molar-refractivity contribution in [1.29, 1.82) is 0 Å². The molecule has 118 valence electrons. The van der Waals surface area contributed by atoms with E-state index in [0.29, 0.717) is 5.69 Å². The highest BCUT2D eigenvalue weighted by molar-refractivity contribution is 7.92. The highest BCUT2D eigenvalue weighted by Gasteiger charge is 2.22. The monoisotopic (exact) mass is 312 g/mol. The lowest BCUT2D eigenvalue weighted by Gasteiger charge is -2.35. The normalized spacial score (nSPS) is 24.0. The number of rotatable bonds is 5. The molecular weight excluding hydrogens is 288 g/mol. The summed E-state index contributed by atoms with van der Waals surface area (Å²) in [5, 5.41) is 0. The lowest BCUT2D eigenvalue weighted by atomic mass is 10.1. The van der Waals surface area contributed by atoms with Crippen molar-refractivity contribution in [2.75, 3.05) is 23.6 Å². The summed E-state index contributed by atoms with van der Waals surface area (Å²) in [6, 6.07) is 7.59. The lowest BCUT2D eigenvalue weighted by Crippen LogP contribution is -2.44. The van der Waals surface area contributed by atoms with Gasteiger partial charge < -0.3 is 4.74 Å². The molecule has 2 atom stereocenters. The van der Waals surface area contributed by atoms with Crippen LogP contribution >= 0.6 is 0 Å². The SMILES string of the molecule is CCS(=O)(=O)Nc1cccc(CN2C[C@H](C)O[C@@H](C)C2)c1. The van der Waals surface area contributed by atoms with Crippen molar-refractivity contribution in [3.8, 4) is 0 Å². The Morgan fingerprint density at radius 3 is 2.57 bits per heavy atom. The zero-order valence-electron chi connectivity index (χ0n) is 12.9. The number of hydrogen-bond donors (Lipinski definition) is 1. The van der Waals surface area contributed by atoms with E-state index in [2.05, 4.69) is 23.5 Å². The molecule has 1 aromatic carbocycles. The Hall–Kier alpha value is -1.11. The second-order valence-electron chi connectivity index (χ2n) is 5.66. The summed E-state index contributed by atoms with van der Waals surface area (Å²) in [5.74, 6) is 0.0791. The predicted molar refractivity (Wildman–Crippen MR) is 84.8 cm³/mol. The molecule has 0 aromatic heterocycles. The van der Waals surface area contributed by atoms with Crippen molar-refractivity contribution in [3.05, 3.63) is 29.8 Å². The fraction of sp³-hybridized carbons (Fsp3) is 0.600. The molecule has 0 amide bonds. The maximum atomic E-state index is 11.6. The van der Waals surface area contributed by atoms with Crippen molar-refractivity contribution in [2.45, 2.75) is 39.5 Å². The summed E-state index contributed by atoms with van der Waals surface area (Å²) < 4.78 is 31.6. The Bertz CT molecular complexity index is 564. The standard InChI is InChI=1S/C15H24N2O3S/c1-4-21(18,19)16-15-7-5-6-14(8-15)11-17-9-12(2)20-13(3)10-17/h5-8,12-13,16H,4,9-11H2,1-3H3/t12-,13-/m0/s1. The molecule has 6 heteroatoms. The molecule has 21 heavy (non-hydrogen) atoms. The van der Waals surface area contributed by atoms with Crippen molar-refractivity contribution < 1.29 is 13.2 Å². The molecule has 0 bridgehead atoms. The molecule has 2 rings (SSSR count). The topological polar surface area (TPSA) is 58.6 Å². The third-order valence-corrected chi connectivity index (χ3v) is 4.79. The van der Waals surface area contributed by atoms with Crippen LogP contribution < -0.4 is 4.72 Å². The van der Waals surface area contributed by atoms with Gasteiger partial charge in [-0.2, -0.15) is 0 Å². The first kappa shape index (κ1) is 16.3. The van der Waals surface area contributed by atoms with E-state index in [0.717, 1.165) is 25.2 Å². The number of hydrogen-bond acceptors (Lipinski definition) is 4. The Labute approximate surface area is 127 Å². The van der Waals surface area contributed by atoms with Crippen LogP contribution in [0.1, 0.15) is 26.3 Å². The molecule has 0 unspecified atom stereocenters. The average Bonchev–Trinajstić information content (AvgIpc) is 2.37. The van der Waals surface area contributed by atoms with Crippen LogP contribution in [0.3, 0.4) is 0 Å². The molecule has 1 N–H and O–H groups in total. The smallest absolute Gasteiger partial charge is 0.232 e. The van der Waals surface area contributed by atoms with Crippen LogP contribution in [0.15, 0.2) is 24.3 Å². The van der Waals surface area contributed by atoms with E-state index >= 15 is 0 Å². The number of benzene rings is 1. The molecule has 0 radical (unpaired) electrons. The number of nitrogens with zero attached hydrogens (tertiary/aromatic N) is 1. The van der Waals surface area contributed by atoms with E-state index < -0.39 is 10.0 Å². The third-order valence-electron chi connectivity index (χ3n) is 3.48. The zero-order valence-corrected chi connectivity index (χ0v) is 13.7. The zero-order chi connectivity index (χ0) is 15.5. The molecular formula is C15H24N2O3S. The first-order chi connectivity index (χ1) is 9.88. The maximum Gasteiger partial charge on any atom is 0.232 e. The summed E-state index contributed by atoms with van der Waals surface area (Å²) in [7, 11) is -3.22. The van der Waals surface area contributed by atoms with Gasteiger partial charge in [-0.05, 0) is 38.5 Å². The Morgan fingerprint density at radius 2 is 1.95 bits per heavy atom. The fourth-order valence-corrected chi connectivity index (χ4v) is 3.29. The first-order valence-electron chi connectivity index (χ1n) is 7.35. The predicted octanol–water partition coefficient (Wildman–Crippen LogP) is 2.06. The number of anilines is 1. The van der Waals surface area contributed by atoms with Gasteiger partial charge in [-0.1, -0.05) is 12.1 Å². The van der Waals surface area contributed by atoms with E-state index in [1.165, 1.54) is 0 Å². The van der Waals surface area contributed by atoms with Crippen molar-refractivity contribution >= 4 is 15.7 Å². The molecule has 0 spiro atoms.